The van der Waals surface area contributed by atoms with Crippen molar-refractivity contribution in [3.63, 3.8) is 0 Å². The van der Waals surface area contributed by atoms with E-state index < -0.39 is 11.9 Å². The predicted octanol–water partition coefficient (Wildman–Crippen LogP) is -1.33. The van der Waals surface area contributed by atoms with E-state index in [4.69, 9.17) is 5.73 Å². The van der Waals surface area contributed by atoms with Gasteiger partial charge in [0, 0.05) is 12.6 Å². The fourth-order valence-corrected chi connectivity index (χ4v) is 2.02. The van der Waals surface area contributed by atoms with Crippen LogP contribution in [-0.4, -0.2) is 40.4 Å². The predicted molar refractivity (Wildman–Crippen MR) is 64.4 cm³/mol. The van der Waals surface area contributed by atoms with Crippen molar-refractivity contribution < 1.29 is 9.59 Å². The summed E-state index contributed by atoms with van der Waals surface area (Å²) in [6.45, 7) is 0.832. The average molecular weight is 251 g/mol. The van der Waals surface area contributed by atoms with Crippen LogP contribution in [0.3, 0.4) is 0 Å². The highest BCUT2D eigenvalue weighted by Gasteiger charge is 2.26. The van der Waals surface area contributed by atoms with Crippen molar-refractivity contribution >= 4 is 11.8 Å². The molecule has 7 nitrogen and oxygen atoms in total. The Hall–Kier alpha value is -1.89. The molecule has 0 bridgehead atoms. The monoisotopic (exact) mass is 251 g/mol. The summed E-state index contributed by atoms with van der Waals surface area (Å²) >= 11 is 0. The van der Waals surface area contributed by atoms with Gasteiger partial charge in [-0.1, -0.05) is 0 Å². The van der Waals surface area contributed by atoms with Gasteiger partial charge in [0.05, 0.1) is 18.1 Å². The lowest BCUT2D eigenvalue weighted by Crippen LogP contribution is -2.51. The zero-order valence-electron chi connectivity index (χ0n) is 9.98. The molecule has 0 saturated carbocycles. The molecule has 98 valence electrons. The summed E-state index contributed by atoms with van der Waals surface area (Å²) in [5, 5.41) is 5.74. The molecular weight excluding hydrogens is 234 g/mol. The number of H-pyrrole nitrogens is 1. The maximum atomic E-state index is 11.9. The Morgan fingerprint density at radius 1 is 1.61 bits per heavy atom. The van der Waals surface area contributed by atoms with Gasteiger partial charge >= 0.3 is 0 Å². The number of hydrogen-bond acceptors (Lipinski definition) is 4. The first-order valence-corrected chi connectivity index (χ1v) is 5.97. The molecule has 1 saturated heterocycles. The number of nitrogens with one attached hydrogen (secondary N) is 3. The highest BCUT2D eigenvalue weighted by atomic mass is 16.2. The van der Waals surface area contributed by atoms with Crippen molar-refractivity contribution in [3.8, 4) is 0 Å². The normalized spacial score (nSPS) is 20.6. The summed E-state index contributed by atoms with van der Waals surface area (Å²) in [6.07, 6.45) is 5.26. The van der Waals surface area contributed by atoms with E-state index in [0.717, 1.165) is 19.4 Å². The van der Waals surface area contributed by atoms with Crippen LogP contribution in [0.2, 0.25) is 0 Å². The van der Waals surface area contributed by atoms with Gasteiger partial charge in [0.15, 0.2) is 0 Å². The van der Waals surface area contributed by atoms with E-state index in [1.807, 2.05) is 0 Å². The maximum absolute atomic E-state index is 11.9. The molecule has 2 atom stereocenters. The standard InChI is InChI=1S/C11H17N5O2/c12-10(17)9(4-7-5-13-6-15-7)16-11(18)8-2-1-3-14-8/h5-6,8-9,14H,1-4H2,(H2,12,17)(H,13,15)(H,16,18)/t8-,9-/m0/s1. The summed E-state index contributed by atoms with van der Waals surface area (Å²) in [4.78, 5) is 30.0. The number of amides is 2. The van der Waals surface area contributed by atoms with Crippen molar-refractivity contribution in [2.24, 2.45) is 5.73 Å². The lowest BCUT2D eigenvalue weighted by Gasteiger charge is -2.17. The Morgan fingerprint density at radius 3 is 3.00 bits per heavy atom. The second kappa shape index (κ2) is 5.63. The molecule has 0 aliphatic carbocycles. The third kappa shape index (κ3) is 3.07. The van der Waals surface area contributed by atoms with Crippen LogP contribution in [0.15, 0.2) is 12.5 Å². The summed E-state index contributed by atoms with van der Waals surface area (Å²) < 4.78 is 0. The van der Waals surface area contributed by atoms with Gasteiger partial charge in [-0.05, 0) is 19.4 Å². The number of nitrogens with two attached hydrogens (primary N) is 1. The molecule has 0 radical (unpaired) electrons. The lowest BCUT2D eigenvalue weighted by atomic mass is 10.1. The molecular formula is C11H17N5O2. The molecule has 0 aromatic carbocycles. The van der Waals surface area contributed by atoms with Gasteiger partial charge in [-0.3, -0.25) is 9.59 Å². The van der Waals surface area contributed by atoms with Gasteiger partial charge in [0.1, 0.15) is 6.04 Å². The van der Waals surface area contributed by atoms with Gasteiger partial charge in [-0.25, -0.2) is 4.98 Å². The Kier molecular flexibility index (Phi) is 3.93. The molecule has 1 aromatic heterocycles. The van der Waals surface area contributed by atoms with E-state index in [0.29, 0.717) is 12.1 Å². The topological polar surface area (TPSA) is 113 Å². The lowest BCUT2D eigenvalue weighted by molar-refractivity contribution is -0.128. The van der Waals surface area contributed by atoms with Crippen LogP contribution >= 0.6 is 0 Å². The Labute approximate surface area is 105 Å². The van der Waals surface area contributed by atoms with Crippen molar-refractivity contribution in [2.45, 2.75) is 31.3 Å². The third-order valence-electron chi connectivity index (χ3n) is 3.00. The van der Waals surface area contributed by atoms with Crippen molar-refractivity contribution in [2.75, 3.05) is 6.54 Å². The molecule has 18 heavy (non-hydrogen) atoms. The van der Waals surface area contributed by atoms with E-state index in [2.05, 4.69) is 20.6 Å². The third-order valence-corrected chi connectivity index (χ3v) is 3.00. The number of carbonyl (C=O) groups is 2. The van der Waals surface area contributed by atoms with Gasteiger partial charge in [-0.2, -0.15) is 0 Å². The highest BCUT2D eigenvalue weighted by Crippen LogP contribution is 2.06. The van der Waals surface area contributed by atoms with E-state index in [1.165, 1.54) is 6.33 Å². The Morgan fingerprint density at radius 2 is 2.44 bits per heavy atom. The minimum absolute atomic E-state index is 0.174. The minimum atomic E-state index is -0.719. The van der Waals surface area contributed by atoms with Crippen LogP contribution in [0.25, 0.3) is 0 Å². The van der Waals surface area contributed by atoms with Crippen LogP contribution in [0, 0.1) is 0 Å². The van der Waals surface area contributed by atoms with E-state index in [1.54, 1.807) is 6.20 Å². The molecule has 7 heteroatoms. The Bertz CT molecular complexity index is 411. The highest BCUT2D eigenvalue weighted by molar-refractivity contribution is 5.89. The first-order valence-electron chi connectivity index (χ1n) is 5.97. The van der Waals surface area contributed by atoms with Crippen LogP contribution in [0.1, 0.15) is 18.5 Å². The molecule has 1 fully saturated rings. The first kappa shape index (κ1) is 12.6. The maximum Gasteiger partial charge on any atom is 0.240 e. The zero-order chi connectivity index (χ0) is 13.0. The van der Waals surface area contributed by atoms with Crippen molar-refractivity contribution in [1.29, 1.82) is 0 Å². The second-order valence-electron chi connectivity index (χ2n) is 4.38. The molecule has 0 unspecified atom stereocenters. The number of carbonyl (C=O) groups excluding carboxylic acids is 2. The largest absolute Gasteiger partial charge is 0.368 e. The van der Waals surface area contributed by atoms with Crippen LogP contribution < -0.4 is 16.4 Å². The molecule has 2 heterocycles. The van der Waals surface area contributed by atoms with Gasteiger partial charge in [0.2, 0.25) is 11.8 Å². The number of primary amides is 1. The smallest absolute Gasteiger partial charge is 0.240 e. The number of nitrogens with zero attached hydrogens (tertiary/aromatic N) is 1. The molecule has 1 aliphatic rings. The number of rotatable bonds is 5. The number of aromatic amines is 1. The average Bonchev–Trinajstić information content (AvgIpc) is 3.00. The number of aromatic nitrogens is 2. The van der Waals surface area contributed by atoms with E-state index >= 15 is 0 Å². The Balaban J connectivity index is 1.93. The fourth-order valence-electron chi connectivity index (χ4n) is 2.02. The van der Waals surface area contributed by atoms with Crippen LogP contribution in [0.5, 0.6) is 0 Å². The minimum Gasteiger partial charge on any atom is -0.368 e. The van der Waals surface area contributed by atoms with Gasteiger partial charge in [-0.15, -0.1) is 0 Å². The SMILES string of the molecule is NC(=O)[C@H](Cc1c[nH]cn1)NC(=O)[C@@H]1CCCN1. The molecule has 2 amide bonds. The zero-order valence-corrected chi connectivity index (χ0v) is 9.98. The molecule has 1 aromatic rings. The molecule has 2 rings (SSSR count). The van der Waals surface area contributed by atoms with Crippen LogP contribution in [-0.2, 0) is 16.0 Å². The quantitative estimate of drug-likeness (QED) is 0.519. The van der Waals surface area contributed by atoms with Crippen molar-refractivity contribution in [3.05, 3.63) is 18.2 Å². The van der Waals surface area contributed by atoms with Crippen molar-refractivity contribution in [1.82, 2.24) is 20.6 Å². The van der Waals surface area contributed by atoms with Gasteiger partial charge < -0.3 is 21.4 Å². The van der Waals surface area contributed by atoms with E-state index in [-0.39, 0.29) is 11.9 Å². The molecule has 1 aliphatic heterocycles. The first-order chi connectivity index (χ1) is 8.66. The second-order valence-corrected chi connectivity index (χ2v) is 4.38. The summed E-state index contributed by atoms with van der Waals surface area (Å²) in [5.41, 5.74) is 5.98. The molecule has 5 N–H and O–H groups in total. The summed E-state index contributed by atoms with van der Waals surface area (Å²) in [6, 6.07) is -0.936. The summed E-state index contributed by atoms with van der Waals surface area (Å²) in [7, 11) is 0. The van der Waals surface area contributed by atoms with E-state index in [9.17, 15) is 9.59 Å². The van der Waals surface area contributed by atoms with Crippen LogP contribution in [0.4, 0.5) is 0 Å². The number of imidazole rings is 1. The summed E-state index contributed by atoms with van der Waals surface area (Å²) in [5.74, 6) is -0.726. The molecule has 0 spiro atoms. The fraction of sp³-hybridized carbons (Fsp3) is 0.545. The van der Waals surface area contributed by atoms with Gasteiger partial charge in [0.25, 0.3) is 0 Å². The number of hydrogen-bond donors (Lipinski definition) is 4.